The highest BCUT2D eigenvalue weighted by molar-refractivity contribution is 6.43. The second-order valence-corrected chi connectivity index (χ2v) is 11.5. The number of imide groups is 1. The largest absolute Gasteiger partial charge is 0.496 e. The molecule has 4 amide bonds. The molecule has 3 aliphatic rings. The van der Waals surface area contributed by atoms with Crippen LogP contribution in [0, 0.1) is 6.92 Å². The molecule has 1 fully saturated rings. The number of pyridine rings is 1. The SMILES string of the molecule is COc1ccc(C)c2c1CC1(C(=O)N(C)C(=O)N1C)C1=C2C(=O)c2[nH]cc(CCNC(=O)c3ccc4ccccc4n3)c2C1=O. The number of methoxy groups -OCH3 is 1. The lowest BCUT2D eigenvalue weighted by atomic mass is 9.65. The van der Waals surface area contributed by atoms with E-state index in [1.54, 1.807) is 24.4 Å². The van der Waals surface area contributed by atoms with Gasteiger partial charge in [0.2, 0.25) is 5.78 Å². The molecule has 2 aromatic heterocycles. The molecule has 1 aliphatic heterocycles. The van der Waals surface area contributed by atoms with E-state index in [-0.39, 0.29) is 53.4 Å². The number of amides is 4. The van der Waals surface area contributed by atoms with Gasteiger partial charge in [0.1, 0.15) is 11.4 Å². The van der Waals surface area contributed by atoms with Crippen molar-refractivity contribution < 1.29 is 28.7 Å². The molecular weight excluding hydrogens is 574 g/mol. The first-order valence-electron chi connectivity index (χ1n) is 14.5. The van der Waals surface area contributed by atoms with Crippen molar-refractivity contribution in [2.24, 2.45) is 0 Å². The lowest BCUT2D eigenvalue weighted by Gasteiger charge is -2.42. The third-order valence-corrected chi connectivity index (χ3v) is 9.23. The minimum absolute atomic E-state index is 0.0145. The molecule has 3 heterocycles. The Labute approximate surface area is 257 Å². The van der Waals surface area contributed by atoms with Crippen LogP contribution in [0.4, 0.5) is 4.79 Å². The highest BCUT2D eigenvalue weighted by Gasteiger charge is 2.63. The van der Waals surface area contributed by atoms with Crippen molar-refractivity contribution >= 4 is 45.9 Å². The second-order valence-electron chi connectivity index (χ2n) is 11.5. The average molecular weight is 604 g/mol. The van der Waals surface area contributed by atoms with Gasteiger partial charge in [-0.2, -0.15) is 0 Å². The van der Waals surface area contributed by atoms with E-state index in [9.17, 15) is 24.0 Å². The monoisotopic (exact) mass is 603 g/mol. The van der Waals surface area contributed by atoms with Crippen LogP contribution in [0.2, 0.25) is 0 Å². The number of aryl methyl sites for hydroxylation is 1. The first kappa shape index (κ1) is 28.2. The number of carbonyl (C=O) groups excluding carboxylic acids is 5. The van der Waals surface area contributed by atoms with Crippen molar-refractivity contribution in [3.63, 3.8) is 0 Å². The molecular formula is C34H29N5O6. The van der Waals surface area contributed by atoms with Crippen molar-refractivity contribution in [1.29, 1.82) is 0 Å². The van der Waals surface area contributed by atoms with Gasteiger partial charge in [-0.15, -0.1) is 0 Å². The van der Waals surface area contributed by atoms with Crippen LogP contribution in [-0.4, -0.2) is 82.5 Å². The molecule has 45 heavy (non-hydrogen) atoms. The van der Waals surface area contributed by atoms with E-state index < -0.39 is 29.0 Å². The van der Waals surface area contributed by atoms with Crippen LogP contribution in [0.25, 0.3) is 16.5 Å². The number of fused-ring (bicyclic) bond motifs is 5. The van der Waals surface area contributed by atoms with Crippen LogP contribution in [0.1, 0.15) is 53.6 Å². The fourth-order valence-corrected chi connectivity index (χ4v) is 6.97. The summed E-state index contributed by atoms with van der Waals surface area (Å²) in [5, 5.41) is 3.76. The van der Waals surface area contributed by atoms with E-state index in [0.29, 0.717) is 28.0 Å². The van der Waals surface area contributed by atoms with Gasteiger partial charge in [0.05, 0.1) is 23.9 Å². The average Bonchev–Trinajstić information content (AvgIpc) is 3.54. The smallest absolute Gasteiger partial charge is 0.327 e. The van der Waals surface area contributed by atoms with Gasteiger partial charge in [-0.1, -0.05) is 30.3 Å². The molecule has 1 unspecified atom stereocenters. The number of ketones is 2. The number of nitrogens with one attached hydrogen (secondary N) is 2. The molecule has 7 rings (SSSR count). The molecule has 2 aliphatic carbocycles. The molecule has 2 N–H and O–H groups in total. The lowest BCUT2D eigenvalue weighted by Crippen LogP contribution is -2.56. The van der Waals surface area contributed by atoms with E-state index in [1.165, 1.54) is 26.1 Å². The number of carbonyl (C=O) groups is 5. The van der Waals surface area contributed by atoms with Crippen molar-refractivity contribution in [2.75, 3.05) is 27.7 Å². The number of para-hydroxylation sites is 1. The van der Waals surface area contributed by atoms with E-state index >= 15 is 0 Å². The minimum atomic E-state index is -1.73. The predicted molar refractivity (Wildman–Crippen MR) is 164 cm³/mol. The summed E-state index contributed by atoms with van der Waals surface area (Å²) in [4.78, 5) is 78.6. The van der Waals surface area contributed by atoms with E-state index in [1.807, 2.05) is 37.3 Å². The van der Waals surface area contributed by atoms with E-state index in [4.69, 9.17) is 4.74 Å². The molecule has 4 aromatic rings. The van der Waals surface area contributed by atoms with Crippen LogP contribution in [0.15, 0.2) is 60.3 Å². The molecule has 11 nitrogen and oxygen atoms in total. The summed E-state index contributed by atoms with van der Waals surface area (Å²) < 4.78 is 5.63. The first-order chi connectivity index (χ1) is 21.6. The molecule has 226 valence electrons. The van der Waals surface area contributed by atoms with Crippen molar-refractivity contribution in [2.45, 2.75) is 25.3 Å². The van der Waals surface area contributed by atoms with Gasteiger partial charge in [0.25, 0.3) is 11.8 Å². The number of nitrogens with zero attached hydrogens (tertiary/aromatic N) is 3. The summed E-state index contributed by atoms with van der Waals surface area (Å²) in [5.41, 5.74) is 1.92. The Morgan fingerprint density at radius 2 is 1.80 bits per heavy atom. The first-order valence-corrected chi connectivity index (χ1v) is 14.5. The topological polar surface area (TPSA) is 142 Å². The van der Waals surface area contributed by atoms with Gasteiger partial charge in [-0.05, 0) is 48.2 Å². The zero-order chi connectivity index (χ0) is 31.8. The summed E-state index contributed by atoms with van der Waals surface area (Å²) in [6, 6.07) is 14.0. The molecule has 11 heteroatoms. The molecule has 1 atom stereocenters. The molecule has 0 radical (unpaired) electrons. The number of Topliss-reactive ketones (excluding diaryl/α,β-unsaturated/α-hetero) is 2. The summed E-state index contributed by atoms with van der Waals surface area (Å²) >= 11 is 0. The van der Waals surface area contributed by atoms with Crippen molar-refractivity contribution in [3.8, 4) is 5.75 Å². The van der Waals surface area contributed by atoms with E-state index in [2.05, 4.69) is 15.3 Å². The number of allylic oxidation sites excluding steroid dienone is 1. The number of likely N-dealkylation sites (N-methyl/N-ethyl adjacent to an activating group) is 2. The number of hydrogen-bond donors (Lipinski definition) is 2. The molecule has 1 spiro atoms. The third-order valence-electron chi connectivity index (χ3n) is 9.23. The Balaban J connectivity index is 1.27. The van der Waals surface area contributed by atoms with Crippen molar-refractivity contribution in [1.82, 2.24) is 25.1 Å². The number of H-pyrrole nitrogens is 1. The fourth-order valence-electron chi connectivity index (χ4n) is 6.97. The molecule has 0 bridgehead atoms. The highest BCUT2D eigenvalue weighted by Crippen LogP contribution is 2.51. The number of aromatic amines is 1. The third kappa shape index (κ3) is 3.83. The lowest BCUT2D eigenvalue weighted by molar-refractivity contribution is -0.130. The van der Waals surface area contributed by atoms with Gasteiger partial charge in [0, 0.05) is 55.4 Å². The number of rotatable bonds is 5. The van der Waals surface area contributed by atoms with Gasteiger partial charge < -0.3 is 19.9 Å². The van der Waals surface area contributed by atoms with Gasteiger partial charge >= 0.3 is 6.03 Å². The summed E-state index contributed by atoms with van der Waals surface area (Å²) in [7, 11) is 4.34. The maximum absolute atomic E-state index is 14.6. The Hall–Kier alpha value is -5.58. The summed E-state index contributed by atoms with van der Waals surface area (Å²) in [6.07, 6.45) is 1.79. The Bertz CT molecular complexity index is 2060. The van der Waals surface area contributed by atoms with Gasteiger partial charge in [-0.3, -0.25) is 24.1 Å². The van der Waals surface area contributed by atoms with E-state index in [0.717, 1.165) is 15.8 Å². The Morgan fingerprint density at radius 3 is 2.53 bits per heavy atom. The standard InChI is InChI=1S/C34H29N5O6/c1-17-9-12-23(45-4)20-15-34(32(43)38(2)33(44)39(34)3)27-26(24(17)20)30(41)28-25(29(27)40)19(16-36-28)13-14-35-31(42)22-11-10-18-7-5-6-8-21(18)37-22/h5-12,16,36H,13-15H2,1-4H3,(H,35,42). The molecule has 2 aromatic carbocycles. The highest BCUT2D eigenvalue weighted by atomic mass is 16.5. The zero-order valence-corrected chi connectivity index (χ0v) is 25.1. The van der Waals surface area contributed by atoms with Crippen molar-refractivity contribution in [3.05, 3.63) is 99.5 Å². The molecule has 1 saturated heterocycles. The number of ether oxygens (including phenoxy) is 1. The van der Waals surface area contributed by atoms with Crippen LogP contribution in [0.5, 0.6) is 5.75 Å². The fraction of sp³-hybridized carbons (Fsp3) is 0.235. The second kappa shape index (κ2) is 9.98. The summed E-state index contributed by atoms with van der Waals surface area (Å²) in [6.45, 7) is 1.99. The number of aromatic nitrogens is 2. The zero-order valence-electron chi connectivity index (χ0n) is 25.1. The Kier molecular flexibility index (Phi) is 6.26. The number of hydrogen-bond acceptors (Lipinski definition) is 7. The maximum Gasteiger partial charge on any atom is 0.327 e. The maximum atomic E-state index is 14.6. The van der Waals surface area contributed by atoms with Crippen LogP contribution >= 0.6 is 0 Å². The van der Waals surface area contributed by atoms with Gasteiger partial charge in [0.15, 0.2) is 11.3 Å². The number of benzene rings is 2. The molecule has 0 saturated carbocycles. The van der Waals surface area contributed by atoms with Gasteiger partial charge in [-0.25, -0.2) is 9.78 Å². The normalized spacial score (nSPS) is 18.9. The van der Waals surface area contributed by atoms with Crippen LogP contribution in [0.3, 0.4) is 0 Å². The predicted octanol–water partition coefficient (Wildman–Crippen LogP) is 3.50. The Morgan fingerprint density at radius 1 is 1.02 bits per heavy atom. The van der Waals surface area contributed by atoms with Crippen LogP contribution < -0.4 is 10.1 Å². The summed E-state index contributed by atoms with van der Waals surface area (Å²) in [5.74, 6) is -1.46. The quantitative estimate of drug-likeness (QED) is 0.333. The van der Waals surface area contributed by atoms with Crippen LogP contribution in [-0.2, 0) is 17.6 Å². The minimum Gasteiger partial charge on any atom is -0.496 e. The number of urea groups is 1.